The second-order valence-corrected chi connectivity index (χ2v) is 3.92. The monoisotopic (exact) mass is 199 g/mol. The smallest absolute Gasteiger partial charge is 0.303 e. The summed E-state index contributed by atoms with van der Waals surface area (Å²) in [6.07, 6.45) is 3.14. The number of nitrogens with zero attached hydrogens (tertiary/aromatic N) is 1. The van der Waals surface area contributed by atoms with Crippen molar-refractivity contribution in [3.05, 3.63) is 0 Å². The van der Waals surface area contributed by atoms with Gasteiger partial charge in [-0.15, -0.1) is 0 Å². The summed E-state index contributed by atoms with van der Waals surface area (Å²) < 4.78 is 0. The maximum atomic E-state index is 11.2. The number of carboxylic acid groups (broad SMARTS) is 1. The van der Waals surface area contributed by atoms with Crippen molar-refractivity contribution in [2.24, 2.45) is 5.92 Å². The lowest BCUT2D eigenvalue weighted by atomic mass is 10.00. The van der Waals surface area contributed by atoms with Crippen LogP contribution in [0.3, 0.4) is 0 Å². The zero-order chi connectivity index (χ0) is 10.6. The van der Waals surface area contributed by atoms with Crippen LogP contribution in [-0.2, 0) is 9.59 Å². The maximum absolute atomic E-state index is 11.2. The van der Waals surface area contributed by atoms with Crippen molar-refractivity contribution < 1.29 is 14.7 Å². The first kappa shape index (κ1) is 11.0. The lowest BCUT2D eigenvalue weighted by Gasteiger charge is -2.22. The SMILES string of the molecule is CC(=O)N1CCCCC(CC(=O)O)C1. The van der Waals surface area contributed by atoms with Gasteiger partial charge < -0.3 is 10.0 Å². The number of aliphatic carboxylic acids is 1. The summed E-state index contributed by atoms with van der Waals surface area (Å²) in [5.74, 6) is -0.568. The summed E-state index contributed by atoms with van der Waals surface area (Å²) in [6, 6.07) is 0. The van der Waals surface area contributed by atoms with E-state index >= 15 is 0 Å². The number of likely N-dealkylation sites (tertiary alicyclic amines) is 1. The molecule has 1 amide bonds. The second-order valence-electron chi connectivity index (χ2n) is 3.92. The van der Waals surface area contributed by atoms with E-state index in [1.807, 2.05) is 0 Å². The Bertz CT molecular complexity index is 227. The minimum absolute atomic E-state index is 0.0577. The highest BCUT2D eigenvalue weighted by molar-refractivity contribution is 5.73. The Balaban J connectivity index is 2.51. The van der Waals surface area contributed by atoms with Gasteiger partial charge in [0.15, 0.2) is 0 Å². The molecular weight excluding hydrogens is 182 g/mol. The summed E-state index contributed by atoms with van der Waals surface area (Å²) in [4.78, 5) is 23.5. The van der Waals surface area contributed by atoms with Gasteiger partial charge in [0.05, 0.1) is 0 Å². The number of hydrogen-bond donors (Lipinski definition) is 1. The van der Waals surface area contributed by atoms with Crippen LogP contribution >= 0.6 is 0 Å². The van der Waals surface area contributed by atoms with Crippen LogP contribution in [0.2, 0.25) is 0 Å². The largest absolute Gasteiger partial charge is 0.481 e. The van der Waals surface area contributed by atoms with Crippen molar-refractivity contribution in [3.8, 4) is 0 Å². The van der Waals surface area contributed by atoms with Crippen molar-refractivity contribution in [2.45, 2.75) is 32.6 Å². The molecule has 0 saturated carbocycles. The zero-order valence-corrected chi connectivity index (χ0v) is 8.53. The van der Waals surface area contributed by atoms with Crippen molar-refractivity contribution >= 4 is 11.9 Å². The molecule has 1 aliphatic heterocycles. The van der Waals surface area contributed by atoms with Gasteiger partial charge in [0.25, 0.3) is 0 Å². The second kappa shape index (κ2) is 4.98. The summed E-state index contributed by atoms with van der Waals surface area (Å²) in [5.41, 5.74) is 0. The van der Waals surface area contributed by atoms with Gasteiger partial charge in [-0.25, -0.2) is 0 Å². The van der Waals surface area contributed by atoms with Gasteiger partial charge in [-0.3, -0.25) is 9.59 Å². The third-order valence-electron chi connectivity index (χ3n) is 2.68. The van der Waals surface area contributed by atoms with Gasteiger partial charge in [-0.1, -0.05) is 6.42 Å². The van der Waals surface area contributed by atoms with Crippen LogP contribution in [0, 0.1) is 5.92 Å². The summed E-state index contributed by atoms with van der Waals surface area (Å²) in [5, 5.41) is 8.68. The van der Waals surface area contributed by atoms with Crippen molar-refractivity contribution in [2.75, 3.05) is 13.1 Å². The average Bonchev–Trinajstić information content (AvgIpc) is 2.28. The highest BCUT2D eigenvalue weighted by Crippen LogP contribution is 2.19. The lowest BCUT2D eigenvalue weighted by molar-refractivity contribution is -0.139. The Labute approximate surface area is 83.9 Å². The maximum Gasteiger partial charge on any atom is 0.303 e. The fraction of sp³-hybridized carbons (Fsp3) is 0.800. The van der Waals surface area contributed by atoms with Crippen LogP contribution in [-0.4, -0.2) is 35.0 Å². The van der Waals surface area contributed by atoms with E-state index in [1.165, 1.54) is 0 Å². The van der Waals surface area contributed by atoms with Crippen LogP contribution in [0.5, 0.6) is 0 Å². The number of carbonyl (C=O) groups is 2. The number of carbonyl (C=O) groups excluding carboxylic acids is 1. The fourth-order valence-electron chi connectivity index (χ4n) is 1.93. The van der Waals surface area contributed by atoms with E-state index < -0.39 is 5.97 Å². The normalized spacial score (nSPS) is 22.9. The van der Waals surface area contributed by atoms with E-state index in [9.17, 15) is 9.59 Å². The Morgan fingerprint density at radius 1 is 1.43 bits per heavy atom. The minimum Gasteiger partial charge on any atom is -0.481 e. The van der Waals surface area contributed by atoms with Gasteiger partial charge in [0.2, 0.25) is 5.91 Å². The first-order valence-corrected chi connectivity index (χ1v) is 5.07. The highest BCUT2D eigenvalue weighted by atomic mass is 16.4. The van der Waals surface area contributed by atoms with Crippen molar-refractivity contribution in [1.82, 2.24) is 4.90 Å². The molecule has 1 heterocycles. The van der Waals surface area contributed by atoms with E-state index in [0.29, 0.717) is 6.54 Å². The first-order chi connectivity index (χ1) is 6.59. The van der Waals surface area contributed by atoms with Crippen LogP contribution in [0.25, 0.3) is 0 Å². The molecule has 1 N–H and O–H groups in total. The highest BCUT2D eigenvalue weighted by Gasteiger charge is 2.21. The van der Waals surface area contributed by atoms with Crippen molar-refractivity contribution in [3.63, 3.8) is 0 Å². The predicted molar refractivity (Wildman–Crippen MR) is 51.8 cm³/mol. The Morgan fingerprint density at radius 2 is 2.14 bits per heavy atom. The van der Waals surface area contributed by atoms with Crippen LogP contribution < -0.4 is 0 Å². The van der Waals surface area contributed by atoms with Crippen LogP contribution in [0.15, 0.2) is 0 Å². The summed E-state index contributed by atoms with van der Waals surface area (Å²) in [6.45, 7) is 2.94. The standard InChI is InChI=1S/C10H17NO3/c1-8(12)11-5-3-2-4-9(7-11)6-10(13)14/h9H,2-7H2,1H3,(H,13,14). The molecule has 0 aromatic heterocycles. The Kier molecular flexibility index (Phi) is 3.92. The molecule has 4 nitrogen and oxygen atoms in total. The molecule has 0 spiro atoms. The van der Waals surface area contributed by atoms with Crippen LogP contribution in [0.1, 0.15) is 32.6 Å². The molecule has 1 fully saturated rings. The lowest BCUT2D eigenvalue weighted by Crippen LogP contribution is -2.33. The molecule has 1 saturated heterocycles. The third kappa shape index (κ3) is 3.36. The molecule has 80 valence electrons. The van der Waals surface area contributed by atoms with E-state index in [1.54, 1.807) is 11.8 Å². The molecule has 1 atom stereocenters. The molecule has 4 heteroatoms. The summed E-state index contributed by atoms with van der Waals surface area (Å²) >= 11 is 0. The van der Waals surface area contributed by atoms with Gasteiger partial charge >= 0.3 is 5.97 Å². The number of rotatable bonds is 2. The molecule has 0 aliphatic carbocycles. The molecule has 14 heavy (non-hydrogen) atoms. The fourth-order valence-corrected chi connectivity index (χ4v) is 1.93. The molecule has 0 bridgehead atoms. The zero-order valence-electron chi connectivity index (χ0n) is 8.53. The topological polar surface area (TPSA) is 57.6 Å². The van der Waals surface area contributed by atoms with E-state index in [2.05, 4.69) is 0 Å². The average molecular weight is 199 g/mol. The van der Waals surface area contributed by atoms with Crippen molar-refractivity contribution in [1.29, 1.82) is 0 Å². The molecule has 1 unspecified atom stereocenters. The van der Waals surface area contributed by atoms with Crippen LogP contribution in [0.4, 0.5) is 0 Å². The number of hydrogen-bond acceptors (Lipinski definition) is 2. The molecule has 0 radical (unpaired) electrons. The van der Waals surface area contributed by atoms with E-state index in [4.69, 9.17) is 5.11 Å². The molecular formula is C10H17NO3. The Morgan fingerprint density at radius 3 is 2.71 bits per heavy atom. The van der Waals surface area contributed by atoms with Gasteiger partial charge in [-0.05, 0) is 18.8 Å². The molecule has 1 rings (SSSR count). The molecule has 0 aromatic carbocycles. The first-order valence-electron chi connectivity index (χ1n) is 5.07. The third-order valence-corrected chi connectivity index (χ3v) is 2.68. The number of carboxylic acids is 1. The van der Waals surface area contributed by atoms with Gasteiger partial charge in [-0.2, -0.15) is 0 Å². The van der Waals surface area contributed by atoms with E-state index in [0.717, 1.165) is 25.8 Å². The van der Waals surface area contributed by atoms with Gasteiger partial charge in [0, 0.05) is 26.4 Å². The van der Waals surface area contributed by atoms with Gasteiger partial charge in [0.1, 0.15) is 0 Å². The Hall–Kier alpha value is -1.06. The summed E-state index contributed by atoms with van der Waals surface area (Å²) in [7, 11) is 0. The predicted octanol–water partition coefficient (Wildman–Crippen LogP) is 1.11. The number of amides is 1. The molecule has 1 aliphatic rings. The quantitative estimate of drug-likeness (QED) is 0.724. The minimum atomic E-state index is -0.764. The molecule has 0 aromatic rings. The van der Waals surface area contributed by atoms with E-state index in [-0.39, 0.29) is 18.2 Å².